The van der Waals surface area contributed by atoms with Crippen molar-refractivity contribution >= 4 is 17.2 Å². The highest BCUT2D eigenvalue weighted by atomic mass is 35.5. The van der Waals surface area contributed by atoms with E-state index in [0.29, 0.717) is 11.2 Å². The molecule has 4 rings (SSSR count). The van der Waals surface area contributed by atoms with Gasteiger partial charge in [0.1, 0.15) is 11.5 Å². The highest BCUT2D eigenvalue weighted by Gasteiger charge is 2.19. The number of hydrogen-bond donors (Lipinski definition) is 2. The first-order valence-electron chi connectivity index (χ1n) is 7.71. The summed E-state index contributed by atoms with van der Waals surface area (Å²) in [6, 6.07) is 7.82. The first-order valence-corrected chi connectivity index (χ1v) is 8.09. The standard InChI is InChI=1S/C18H12ClFN4O2/c19-14-4-1-5-15(20)11(14)7-12-17(25)23-16-13(9-22-24(16)18(12)26)10-3-2-6-21-8-10/h1-6,8-9,26H,7H2,(H,23,25). The lowest BCUT2D eigenvalue weighted by Crippen LogP contribution is -2.17. The summed E-state index contributed by atoms with van der Waals surface area (Å²) < 4.78 is 15.2. The van der Waals surface area contributed by atoms with Gasteiger partial charge < -0.3 is 10.1 Å². The second kappa shape index (κ2) is 6.27. The first kappa shape index (κ1) is 16.3. The molecule has 0 aliphatic heterocycles. The quantitative estimate of drug-likeness (QED) is 0.580. The molecule has 8 heteroatoms. The fraction of sp³-hybridized carbons (Fsp3) is 0.0556. The number of nitrogens with one attached hydrogen (secondary N) is 1. The van der Waals surface area contributed by atoms with Gasteiger partial charge in [-0.25, -0.2) is 4.39 Å². The van der Waals surface area contributed by atoms with E-state index in [-0.39, 0.29) is 28.5 Å². The molecule has 0 radical (unpaired) electrons. The number of rotatable bonds is 3. The van der Waals surface area contributed by atoms with E-state index in [2.05, 4.69) is 15.1 Å². The molecule has 26 heavy (non-hydrogen) atoms. The van der Waals surface area contributed by atoms with Crippen molar-refractivity contribution in [1.82, 2.24) is 19.6 Å². The molecule has 0 aliphatic rings. The Morgan fingerprint density at radius 2 is 2.04 bits per heavy atom. The molecule has 0 saturated carbocycles. The van der Waals surface area contributed by atoms with Crippen LogP contribution in [0, 0.1) is 5.82 Å². The molecule has 130 valence electrons. The molecule has 0 fully saturated rings. The minimum absolute atomic E-state index is 0.0228. The van der Waals surface area contributed by atoms with Crippen LogP contribution in [0.5, 0.6) is 5.88 Å². The van der Waals surface area contributed by atoms with Gasteiger partial charge in [-0.1, -0.05) is 23.7 Å². The maximum Gasteiger partial charge on any atom is 0.258 e. The van der Waals surface area contributed by atoms with Crippen LogP contribution in [0.2, 0.25) is 5.02 Å². The zero-order chi connectivity index (χ0) is 18.3. The Labute approximate surface area is 151 Å². The SMILES string of the molecule is O=c1[nH]c2c(-c3cccnc3)cnn2c(O)c1Cc1c(F)cccc1Cl. The van der Waals surface area contributed by atoms with E-state index in [9.17, 15) is 14.3 Å². The molecule has 0 atom stereocenters. The Hall–Kier alpha value is -3.19. The van der Waals surface area contributed by atoms with Crippen molar-refractivity contribution in [3.63, 3.8) is 0 Å². The third-order valence-electron chi connectivity index (χ3n) is 4.13. The van der Waals surface area contributed by atoms with Gasteiger partial charge in [-0.2, -0.15) is 9.61 Å². The molecule has 0 aliphatic carbocycles. The fourth-order valence-corrected chi connectivity index (χ4v) is 3.04. The molecule has 6 nitrogen and oxygen atoms in total. The second-order valence-electron chi connectivity index (χ2n) is 5.69. The van der Waals surface area contributed by atoms with Crippen molar-refractivity contribution in [2.75, 3.05) is 0 Å². The molecule has 0 bridgehead atoms. The van der Waals surface area contributed by atoms with E-state index < -0.39 is 11.4 Å². The second-order valence-corrected chi connectivity index (χ2v) is 6.10. The normalized spacial score (nSPS) is 11.2. The van der Waals surface area contributed by atoms with Gasteiger partial charge in [-0.3, -0.25) is 9.78 Å². The molecule has 3 heterocycles. The number of aromatic hydroxyl groups is 1. The zero-order valence-corrected chi connectivity index (χ0v) is 14.0. The Morgan fingerprint density at radius 3 is 2.77 bits per heavy atom. The molecule has 3 aromatic heterocycles. The molecule has 0 unspecified atom stereocenters. The van der Waals surface area contributed by atoms with E-state index in [1.165, 1.54) is 28.9 Å². The van der Waals surface area contributed by atoms with Gasteiger partial charge in [0.25, 0.3) is 5.56 Å². The third kappa shape index (κ3) is 2.62. The molecule has 2 N–H and O–H groups in total. The maximum atomic E-state index is 14.0. The molecule has 1 aromatic carbocycles. The number of hydrogen-bond acceptors (Lipinski definition) is 4. The Kier molecular flexibility index (Phi) is 3.93. The average Bonchev–Trinajstić information content (AvgIpc) is 3.05. The van der Waals surface area contributed by atoms with Crippen molar-refractivity contribution in [3.05, 3.63) is 81.2 Å². The van der Waals surface area contributed by atoms with E-state index in [1.54, 1.807) is 18.5 Å². The van der Waals surface area contributed by atoms with Crippen molar-refractivity contribution < 1.29 is 9.50 Å². The van der Waals surface area contributed by atoms with Gasteiger partial charge in [-0.05, 0) is 18.2 Å². The predicted molar refractivity (Wildman–Crippen MR) is 94.9 cm³/mol. The largest absolute Gasteiger partial charge is 0.493 e. The molecular formula is C18H12ClFN4O2. The molecule has 4 aromatic rings. The highest BCUT2D eigenvalue weighted by molar-refractivity contribution is 6.31. The van der Waals surface area contributed by atoms with Crippen molar-refractivity contribution in [2.24, 2.45) is 0 Å². The van der Waals surface area contributed by atoms with E-state index >= 15 is 0 Å². The van der Waals surface area contributed by atoms with Crippen molar-refractivity contribution in [2.45, 2.75) is 6.42 Å². The van der Waals surface area contributed by atoms with Gasteiger partial charge in [0.2, 0.25) is 5.88 Å². The van der Waals surface area contributed by atoms with Crippen LogP contribution in [-0.2, 0) is 6.42 Å². The summed E-state index contributed by atoms with van der Waals surface area (Å²) >= 11 is 6.02. The number of benzene rings is 1. The Morgan fingerprint density at radius 1 is 1.19 bits per heavy atom. The number of aromatic nitrogens is 4. The first-order chi connectivity index (χ1) is 12.6. The van der Waals surface area contributed by atoms with Crippen molar-refractivity contribution in [3.8, 4) is 17.0 Å². The van der Waals surface area contributed by atoms with Crippen LogP contribution in [0.15, 0.2) is 53.7 Å². The molecule has 0 spiro atoms. The van der Waals surface area contributed by atoms with Crippen LogP contribution in [0.1, 0.15) is 11.1 Å². The number of fused-ring (bicyclic) bond motifs is 1. The summed E-state index contributed by atoms with van der Waals surface area (Å²) in [7, 11) is 0. The van der Waals surface area contributed by atoms with Crippen LogP contribution in [0.4, 0.5) is 4.39 Å². The molecule has 0 saturated heterocycles. The lowest BCUT2D eigenvalue weighted by Gasteiger charge is -2.08. The summed E-state index contributed by atoms with van der Waals surface area (Å²) in [6.45, 7) is 0. The molecule has 0 amide bonds. The lowest BCUT2D eigenvalue weighted by atomic mass is 10.1. The number of pyridine rings is 1. The lowest BCUT2D eigenvalue weighted by molar-refractivity contribution is 0.427. The zero-order valence-electron chi connectivity index (χ0n) is 13.3. The van der Waals surface area contributed by atoms with Crippen molar-refractivity contribution in [1.29, 1.82) is 0 Å². The number of halogens is 2. The van der Waals surface area contributed by atoms with Gasteiger partial charge in [0, 0.05) is 40.5 Å². The fourth-order valence-electron chi connectivity index (χ4n) is 2.81. The summed E-state index contributed by atoms with van der Waals surface area (Å²) in [5, 5.41) is 14.8. The monoisotopic (exact) mass is 370 g/mol. The minimum atomic E-state index is -0.548. The van der Waals surface area contributed by atoms with E-state index in [1.807, 2.05) is 6.07 Å². The Bertz CT molecular complexity index is 1150. The smallest absolute Gasteiger partial charge is 0.258 e. The number of aromatic amines is 1. The summed E-state index contributed by atoms with van der Waals surface area (Å²) in [5.74, 6) is -0.911. The van der Waals surface area contributed by atoms with Crippen LogP contribution in [0.25, 0.3) is 16.8 Å². The minimum Gasteiger partial charge on any atom is -0.493 e. The van der Waals surface area contributed by atoms with Crippen LogP contribution in [0.3, 0.4) is 0 Å². The maximum absolute atomic E-state index is 14.0. The van der Waals surface area contributed by atoms with Crippen LogP contribution < -0.4 is 5.56 Å². The number of nitrogens with zero attached hydrogens (tertiary/aromatic N) is 3. The van der Waals surface area contributed by atoms with Gasteiger partial charge in [0.05, 0.1) is 11.8 Å². The third-order valence-corrected chi connectivity index (χ3v) is 4.49. The average molecular weight is 371 g/mol. The predicted octanol–water partition coefficient (Wildman–Crippen LogP) is 3.17. The van der Waals surface area contributed by atoms with Crippen LogP contribution in [-0.4, -0.2) is 24.7 Å². The molecular weight excluding hydrogens is 359 g/mol. The van der Waals surface area contributed by atoms with Gasteiger partial charge in [0.15, 0.2) is 0 Å². The highest BCUT2D eigenvalue weighted by Crippen LogP contribution is 2.28. The van der Waals surface area contributed by atoms with E-state index in [4.69, 9.17) is 11.6 Å². The number of H-pyrrole nitrogens is 1. The summed E-state index contributed by atoms with van der Waals surface area (Å²) in [6.07, 6.45) is 4.61. The Balaban J connectivity index is 1.87. The summed E-state index contributed by atoms with van der Waals surface area (Å²) in [5.41, 5.74) is 1.24. The van der Waals surface area contributed by atoms with Gasteiger partial charge >= 0.3 is 0 Å². The topological polar surface area (TPSA) is 83.3 Å². The van der Waals surface area contributed by atoms with E-state index in [0.717, 1.165) is 5.56 Å². The van der Waals surface area contributed by atoms with Crippen LogP contribution >= 0.6 is 11.6 Å². The summed E-state index contributed by atoms with van der Waals surface area (Å²) in [4.78, 5) is 19.3. The van der Waals surface area contributed by atoms with Gasteiger partial charge in [-0.15, -0.1) is 0 Å².